The zero-order chi connectivity index (χ0) is 22.9. The number of rotatable bonds is 5. The molecule has 7 nitrogen and oxygen atoms in total. The molecule has 2 aliphatic rings. The molecule has 1 unspecified atom stereocenters. The lowest BCUT2D eigenvalue weighted by atomic mass is 10.1. The molecule has 8 heteroatoms. The molecule has 0 aliphatic carbocycles. The number of benzene rings is 2. The van der Waals surface area contributed by atoms with Crippen molar-refractivity contribution in [3.63, 3.8) is 0 Å². The largest absolute Gasteiger partial charge is 0.289 e. The van der Waals surface area contributed by atoms with Crippen molar-refractivity contribution in [1.29, 1.82) is 0 Å². The zero-order valence-electron chi connectivity index (χ0n) is 18.3. The summed E-state index contributed by atoms with van der Waals surface area (Å²) in [5.74, 6) is -0.449. The van der Waals surface area contributed by atoms with Crippen molar-refractivity contribution in [2.24, 2.45) is 0 Å². The second-order valence-electron chi connectivity index (χ2n) is 8.27. The molecule has 0 bridgehead atoms. The molecule has 2 aliphatic heterocycles. The molecular weight excluding hydrogens is 426 g/mol. The van der Waals surface area contributed by atoms with E-state index in [0.29, 0.717) is 18.8 Å². The summed E-state index contributed by atoms with van der Waals surface area (Å²) in [4.78, 5) is 29.0. The third kappa shape index (κ3) is 4.53. The summed E-state index contributed by atoms with van der Waals surface area (Å²) in [5, 5.41) is 1.23. The third-order valence-electron chi connectivity index (χ3n) is 6.02. The monoisotopic (exact) mass is 453 g/mol. The van der Waals surface area contributed by atoms with Gasteiger partial charge in [0.2, 0.25) is 15.9 Å². The first-order chi connectivity index (χ1) is 15.3. The van der Waals surface area contributed by atoms with Gasteiger partial charge in [0.15, 0.2) is 0 Å². The summed E-state index contributed by atoms with van der Waals surface area (Å²) >= 11 is 0. The fourth-order valence-corrected chi connectivity index (χ4v) is 5.47. The molecule has 1 atom stereocenters. The molecule has 2 aromatic carbocycles. The molecule has 2 saturated heterocycles. The number of amides is 2. The number of hydrogen-bond donors (Lipinski definition) is 0. The summed E-state index contributed by atoms with van der Waals surface area (Å²) in [6.07, 6.45) is 1.70. The van der Waals surface area contributed by atoms with Crippen molar-refractivity contribution in [1.82, 2.24) is 9.21 Å². The minimum absolute atomic E-state index is 0.118. The van der Waals surface area contributed by atoms with E-state index in [1.807, 2.05) is 67.3 Å². The average Bonchev–Trinajstić information content (AvgIpc) is 3.07. The van der Waals surface area contributed by atoms with Gasteiger partial charge in [0, 0.05) is 31.6 Å². The fraction of sp³-hybridized carbons (Fsp3) is 0.333. The Labute approximate surface area is 189 Å². The van der Waals surface area contributed by atoms with Crippen LogP contribution in [0.25, 0.3) is 6.08 Å². The van der Waals surface area contributed by atoms with Crippen LogP contribution >= 0.6 is 0 Å². The molecule has 0 radical (unpaired) electrons. The standard InChI is InChI=1S/C24H27N3O4S/c1-18-8-9-21(19(2)16-18)27-23(28)17-22(24(27)29)25-11-13-26(14-12-25)32(30,31)15-10-20-6-4-3-5-7-20/h3-10,15-16,22H,11-14,17H2,1-2H3. The maximum absolute atomic E-state index is 13.1. The predicted octanol–water partition coefficient (Wildman–Crippen LogP) is 2.55. The Bertz CT molecular complexity index is 1150. The highest BCUT2D eigenvalue weighted by atomic mass is 32.2. The van der Waals surface area contributed by atoms with Gasteiger partial charge in [0.25, 0.3) is 5.91 Å². The lowest BCUT2D eigenvalue weighted by Gasteiger charge is -2.35. The number of carbonyl (C=O) groups excluding carboxylic acids is 2. The van der Waals surface area contributed by atoms with Crippen LogP contribution in [0.5, 0.6) is 0 Å². The number of nitrogens with zero attached hydrogens (tertiary/aromatic N) is 3. The van der Waals surface area contributed by atoms with E-state index in [1.165, 1.54) is 14.6 Å². The first-order valence-electron chi connectivity index (χ1n) is 10.7. The summed E-state index contributed by atoms with van der Waals surface area (Å²) in [6.45, 7) is 5.23. The van der Waals surface area contributed by atoms with Crippen LogP contribution in [0.2, 0.25) is 0 Å². The summed E-state index contributed by atoms with van der Waals surface area (Å²) < 4.78 is 26.8. The van der Waals surface area contributed by atoms with E-state index < -0.39 is 16.1 Å². The minimum atomic E-state index is -3.55. The summed E-state index contributed by atoms with van der Waals surface area (Å²) in [7, 11) is -3.55. The topological polar surface area (TPSA) is 78.0 Å². The lowest BCUT2D eigenvalue weighted by Crippen LogP contribution is -2.53. The minimum Gasteiger partial charge on any atom is -0.289 e. The smallest absolute Gasteiger partial charge is 0.251 e. The highest BCUT2D eigenvalue weighted by Crippen LogP contribution is 2.29. The van der Waals surface area contributed by atoms with E-state index >= 15 is 0 Å². The van der Waals surface area contributed by atoms with E-state index in [1.54, 1.807) is 6.08 Å². The van der Waals surface area contributed by atoms with Gasteiger partial charge in [-0.15, -0.1) is 0 Å². The van der Waals surface area contributed by atoms with Crippen LogP contribution in [0.3, 0.4) is 0 Å². The molecule has 2 fully saturated rings. The second-order valence-corrected chi connectivity index (χ2v) is 10.1. The highest BCUT2D eigenvalue weighted by molar-refractivity contribution is 7.92. The molecule has 4 rings (SSSR count). The van der Waals surface area contributed by atoms with E-state index in [-0.39, 0.29) is 31.3 Å². The number of hydrogen-bond acceptors (Lipinski definition) is 5. The van der Waals surface area contributed by atoms with E-state index in [9.17, 15) is 18.0 Å². The maximum Gasteiger partial charge on any atom is 0.251 e. The Balaban J connectivity index is 1.41. The first-order valence-corrected chi connectivity index (χ1v) is 12.2. The molecule has 0 saturated carbocycles. The summed E-state index contributed by atoms with van der Waals surface area (Å²) in [5.41, 5.74) is 3.39. The number of carbonyl (C=O) groups is 2. The Morgan fingerprint density at radius 3 is 2.28 bits per heavy atom. The van der Waals surface area contributed by atoms with Crippen LogP contribution in [-0.4, -0.2) is 61.7 Å². The van der Waals surface area contributed by atoms with Crippen molar-refractivity contribution in [2.75, 3.05) is 31.1 Å². The lowest BCUT2D eigenvalue weighted by molar-refractivity contribution is -0.123. The Morgan fingerprint density at radius 2 is 1.62 bits per heavy atom. The number of sulfonamides is 1. The van der Waals surface area contributed by atoms with Gasteiger partial charge < -0.3 is 0 Å². The Morgan fingerprint density at radius 1 is 0.938 bits per heavy atom. The number of imide groups is 1. The molecule has 0 spiro atoms. The molecule has 0 aromatic heterocycles. The third-order valence-corrected chi connectivity index (χ3v) is 7.59. The van der Waals surface area contributed by atoms with Gasteiger partial charge >= 0.3 is 0 Å². The second kappa shape index (κ2) is 8.97. The van der Waals surface area contributed by atoms with Crippen molar-refractivity contribution >= 4 is 33.6 Å². The Hall–Kier alpha value is -2.81. The number of aryl methyl sites for hydroxylation is 2. The van der Waals surface area contributed by atoms with Crippen LogP contribution in [0.1, 0.15) is 23.1 Å². The predicted molar refractivity (Wildman–Crippen MR) is 124 cm³/mol. The number of anilines is 1. The average molecular weight is 454 g/mol. The van der Waals surface area contributed by atoms with Gasteiger partial charge in [-0.25, -0.2) is 13.3 Å². The van der Waals surface area contributed by atoms with Gasteiger partial charge in [0.05, 0.1) is 18.2 Å². The van der Waals surface area contributed by atoms with Gasteiger partial charge in [-0.1, -0.05) is 48.0 Å². The summed E-state index contributed by atoms with van der Waals surface area (Å²) in [6, 6.07) is 14.4. The van der Waals surface area contributed by atoms with Gasteiger partial charge in [-0.2, -0.15) is 4.31 Å². The molecule has 2 amide bonds. The first kappa shape index (κ1) is 22.4. The molecule has 2 aromatic rings. The van der Waals surface area contributed by atoms with Gasteiger partial charge in [-0.3, -0.25) is 14.5 Å². The molecular formula is C24H27N3O4S. The number of piperazine rings is 1. The molecule has 168 valence electrons. The Kier molecular flexibility index (Phi) is 6.28. The van der Waals surface area contributed by atoms with E-state index in [4.69, 9.17) is 0 Å². The van der Waals surface area contributed by atoms with Gasteiger partial charge in [-0.05, 0) is 37.1 Å². The molecule has 0 N–H and O–H groups in total. The van der Waals surface area contributed by atoms with Crippen LogP contribution in [0, 0.1) is 13.8 Å². The van der Waals surface area contributed by atoms with Crippen LogP contribution in [-0.2, 0) is 19.6 Å². The maximum atomic E-state index is 13.1. The van der Waals surface area contributed by atoms with Crippen LogP contribution < -0.4 is 4.90 Å². The van der Waals surface area contributed by atoms with Crippen molar-refractivity contribution in [3.05, 3.63) is 70.6 Å². The van der Waals surface area contributed by atoms with E-state index in [0.717, 1.165) is 16.7 Å². The van der Waals surface area contributed by atoms with Crippen LogP contribution in [0.4, 0.5) is 5.69 Å². The highest BCUT2D eigenvalue weighted by Gasteiger charge is 2.44. The molecule has 2 heterocycles. The molecule has 32 heavy (non-hydrogen) atoms. The SMILES string of the molecule is Cc1ccc(N2C(=O)CC(N3CCN(S(=O)(=O)C=Cc4ccccc4)CC3)C2=O)c(C)c1. The van der Waals surface area contributed by atoms with E-state index in [2.05, 4.69) is 0 Å². The normalized spacial score (nSPS) is 21.1. The van der Waals surface area contributed by atoms with Gasteiger partial charge in [0.1, 0.15) is 0 Å². The van der Waals surface area contributed by atoms with Crippen molar-refractivity contribution in [3.8, 4) is 0 Å². The fourth-order valence-electron chi connectivity index (χ4n) is 4.30. The van der Waals surface area contributed by atoms with Crippen molar-refractivity contribution < 1.29 is 18.0 Å². The quantitative estimate of drug-likeness (QED) is 0.651. The zero-order valence-corrected chi connectivity index (χ0v) is 19.1. The van der Waals surface area contributed by atoms with Crippen LogP contribution in [0.15, 0.2) is 53.9 Å². The van der Waals surface area contributed by atoms with Crippen molar-refractivity contribution in [2.45, 2.75) is 26.3 Å².